The average Bonchev–Trinajstić information content (AvgIpc) is 3.06. The van der Waals surface area contributed by atoms with Gasteiger partial charge in [0.05, 0.1) is 12.7 Å². The van der Waals surface area contributed by atoms with Crippen LogP contribution in [0.25, 0.3) is 0 Å². The van der Waals surface area contributed by atoms with Crippen LogP contribution in [0, 0.1) is 5.92 Å². The van der Waals surface area contributed by atoms with Crippen molar-refractivity contribution in [3.63, 3.8) is 0 Å². The summed E-state index contributed by atoms with van der Waals surface area (Å²) < 4.78 is 48.2. The molecule has 1 aliphatic rings. The number of carbonyl (C=O) groups excluding carboxylic acids is 1. The van der Waals surface area contributed by atoms with Crippen molar-refractivity contribution < 1.29 is 27.4 Å². The van der Waals surface area contributed by atoms with E-state index in [4.69, 9.17) is 9.47 Å². The van der Waals surface area contributed by atoms with Gasteiger partial charge in [0, 0.05) is 0 Å². The molecule has 1 aliphatic heterocycles. The van der Waals surface area contributed by atoms with E-state index in [1.807, 2.05) is 13.8 Å². The molecule has 1 fully saturated rings. The molecule has 116 valence electrons. The maximum absolute atomic E-state index is 12.6. The smallest absolute Gasteiger partial charge is 0.416 e. The molecule has 1 aromatic carbocycles. The predicted octanol–water partition coefficient (Wildman–Crippen LogP) is 3.52. The van der Waals surface area contributed by atoms with E-state index in [0.29, 0.717) is 5.56 Å². The molecular weight excluding hydrogens is 285 g/mol. The summed E-state index contributed by atoms with van der Waals surface area (Å²) in [6.45, 7) is 5.31. The lowest BCUT2D eigenvalue weighted by Crippen LogP contribution is -2.37. The summed E-state index contributed by atoms with van der Waals surface area (Å²) in [5, 5.41) is 0. The van der Waals surface area contributed by atoms with Crippen molar-refractivity contribution in [2.24, 2.45) is 5.92 Å². The molecule has 0 spiro atoms. The first kappa shape index (κ1) is 15.8. The monoisotopic (exact) mass is 302 g/mol. The summed E-state index contributed by atoms with van der Waals surface area (Å²) in [5.74, 6) is -0.683. The second kappa shape index (κ2) is 4.73. The Balaban J connectivity index is 2.37. The summed E-state index contributed by atoms with van der Waals surface area (Å²) >= 11 is 0. The molecule has 0 radical (unpaired) electrons. The molecule has 0 saturated carbocycles. The standard InChI is InChI=1S/C15H17F3O3/c1-9(2)14(12(19)20-4)13(3,21-14)10-5-7-11(8-6-10)15(16,17)18/h5-9H,1-4H3. The molecule has 2 rings (SSSR count). The van der Waals surface area contributed by atoms with Gasteiger partial charge >= 0.3 is 12.1 Å². The molecular formula is C15H17F3O3. The van der Waals surface area contributed by atoms with Gasteiger partial charge in [-0.15, -0.1) is 0 Å². The first-order valence-corrected chi connectivity index (χ1v) is 6.56. The van der Waals surface area contributed by atoms with E-state index in [9.17, 15) is 18.0 Å². The van der Waals surface area contributed by atoms with Crippen molar-refractivity contribution in [2.75, 3.05) is 7.11 Å². The fourth-order valence-corrected chi connectivity index (χ4v) is 2.84. The maximum atomic E-state index is 12.6. The van der Waals surface area contributed by atoms with Crippen molar-refractivity contribution in [1.82, 2.24) is 0 Å². The molecule has 1 aromatic rings. The van der Waals surface area contributed by atoms with Gasteiger partial charge < -0.3 is 9.47 Å². The van der Waals surface area contributed by atoms with E-state index in [0.717, 1.165) is 12.1 Å². The lowest BCUT2D eigenvalue weighted by Gasteiger charge is -2.19. The van der Waals surface area contributed by atoms with Gasteiger partial charge in [0.1, 0.15) is 5.60 Å². The van der Waals surface area contributed by atoms with Gasteiger partial charge in [-0.25, -0.2) is 4.79 Å². The van der Waals surface area contributed by atoms with Crippen LogP contribution in [0.2, 0.25) is 0 Å². The first-order valence-electron chi connectivity index (χ1n) is 6.56. The fourth-order valence-electron chi connectivity index (χ4n) is 2.84. The van der Waals surface area contributed by atoms with E-state index >= 15 is 0 Å². The summed E-state index contributed by atoms with van der Waals surface area (Å²) in [6.07, 6.45) is -4.39. The minimum Gasteiger partial charge on any atom is -0.467 e. The number of hydrogen-bond donors (Lipinski definition) is 0. The van der Waals surface area contributed by atoms with Gasteiger partial charge in [0.25, 0.3) is 0 Å². The van der Waals surface area contributed by atoms with Crippen molar-refractivity contribution >= 4 is 5.97 Å². The number of alkyl halides is 3. The Labute approximate surface area is 121 Å². The van der Waals surface area contributed by atoms with Crippen molar-refractivity contribution in [3.8, 4) is 0 Å². The summed E-state index contributed by atoms with van der Waals surface area (Å²) in [6, 6.07) is 4.67. The molecule has 0 aromatic heterocycles. The van der Waals surface area contributed by atoms with Crippen LogP contribution in [0.4, 0.5) is 13.2 Å². The average molecular weight is 302 g/mol. The van der Waals surface area contributed by atoms with Crippen molar-refractivity contribution in [1.29, 1.82) is 0 Å². The van der Waals surface area contributed by atoms with Crippen LogP contribution in [0.15, 0.2) is 24.3 Å². The van der Waals surface area contributed by atoms with Crippen LogP contribution < -0.4 is 0 Å². The predicted molar refractivity (Wildman–Crippen MR) is 69.5 cm³/mol. The van der Waals surface area contributed by atoms with E-state index < -0.39 is 28.9 Å². The Bertz CT molecular complexity index is 550. The number of ether oxygens (including phenoxy) is 2. The third-order valence-corrected chi connectivity index (χ3v) is 4.10. The van der Waals surface area contributed by atoms with Gasteiger partial charge in [0.2, 0.25) is 5.60 Å². The lowest BCUT2D eigenvalue weighted by molar-refractivity contribution is -0.148. The van der Waals surface area contributed by atoms with Crippen LogP contribution in [0.1, 0.15) is 31.9 Å². The molecule has 0 amide bonds. The van der Waals surface area contributed by atoms with Gasteiger partial charge in [-0.1, -0.05) is 26.0 Å². The van der Waals surface area contributed by atoms with Crippen LogP contribution in [-0.4, -0.2) is 18.7 Å². The molecule has 0 bridgehead atoms. The number of halogens is 3. The lowest BCUT2D eigenvalue weighted by atomic mass is 9.80. The highest BCUT2D eigenvalue weighted by Crippen LogP contribution is 2.60. The zero-order valence-electron chi connectivity index (χ0n) is 12.2. The zero-order chi connectivity index (χ0) is 16.1. The van der Waals surface area contributed by atoms with E-state index in [1.165, 1.54) is 19.2 Å². The minimum atomic E-state index is -4.39. The third kappa shape index (κ3) is 2.21. The normalized spacial score (nSPS) is 28.6. The fraction of sp³-hybridized carbons (Fsp3) is 0.533. The Morgan fingerprint density at radius 3 is 2.14 bits per heavy atom. The molecule has 1 saturated heterocycles. The van der Waals surface area contributed by atoms with Gasteiger partial charge in [0.15, 0.2) is 0 Å². The Morgan fingerprint density at radius 2 is 1.76 bits per heavy atom. The second-order valence-corrected chi connectivity index (χ2v) is 5.59. The van der Waals surface area contributed by atoms with E-state index in [1.54, 1.807) is 6.92 Å². The summed E-state index contributed by atoms with van der Waals surface area (Å²) in [4.78, 5) is 12.0. The molecule has 1 heterocycles. The largest absolute Gasteiger partial charge is 0.467 e. The zero-order valence-corrected chi connectivity index (χ0v) is 12.2. The number of rotatable bonds is 3. The van der Waals surface area contributed by atoms with E-state index in [2.05, 4.69) is 0 Å². The quantitative estimate of drug-likeness (QED) is 0.633. The molecule has 3 nitrogen and oxygen atoms in total. The van der Waals surface area contributed by atoms with Crippen molar-refractivity contribution in [2.45, 2.75) is 38.1 Å². The van der Waals surface area contributed by atoms with Crippen LogP contribution >= 0.6 is 0 Å². The maximum Gasteiger partial charge on any atom is 0.416 e. The molecule has 6 heteroatoms. The Morgan fingerprint density at radius 1 is 1.24 bits per heavy atom. The highest BCUT2D eigenvalue weighted by atomic mass is 19.4. The SMILES string of the molecule is COC(=O)C1(C(C)C)OC1(C)c1ccc(C(F)(F)F)cc1. The van der Waals surface area contributed by atoms with Gasteiger partial charge in [-0.05, 0) is 30.5 Å². The highest BCUT2D eigenvalue weighted by molar-refractivity contribution is 5.85. The van der Waals surface area contributed by atoms with E-state index in [-0.39, 0.29) is 5.92 Å². The second-order valence-electron chi connectivity index (χ2n) is 5.59. The number of benzene rings is 1. The number of epoxide rings is 1. The summed E-state index contributed by atoms with van der Waals surface area (Å²) in [5.41, 5.74) is -2.34. The van der Waals surface area contributed by atoms with Crippen LogP contribution in [0.3, 0.4) is 0 Å². The topological polar surface area (TPSA) is 38.8 Å². The Hall–Kier alpha value is -1.56. The number of methoxy groups -OCH3 is 1. The Kier molecular flexibility index (Phi) is 3.56. The van der Waals surface area contributed by atoms with Gasteiger partial charge in [-0.2, -0.15) is 13.2 Å². The van der Waals surface area contributed by atoms with Gasteiger partial charge in [-0.3, -0.25) is 0 Å². The summed E-state index contributed by atoms with van der Waals surface area (Å²) in [7, 11) is 1.27. The number of carbonyl (C=O) groups is 1. The number of hydrogen-bond acceptors (Lipinski definition) is 3. The van der Waals surface area contributed by atoms with Crippen molar-refractivity contribution in [3.05, 3.63) is 35.4 Å². The highest BCUT2D eigenvalue weighted by Gasteiger charge is 2.75. The molecule has 0 N–H and O–H groups in total. The van der Waals surface area contributed by atoms with Crippen LogP contribution in [0.5, 0.6) is 0 Å². The minimum absolute atomic E-state index is 0.169. The molecule has 2 atom stereocenters. The number of esters is 1. The molecule has 0 aliphatic carbocycles. The first-order chi connectivity index (χ1) is 9.59. The molecule has 21 heavy (non-hydrogen) atoms. The van der Waals surface area contributed by atoms with Crippen LogP contribution in [-0.2, 0) is 26.0 Å². The third-order valence-electron chi connectivity index (χ3n) is 4.10. The molecule has 2 unspecified atom stereocenters.